The van der Waals surface area contributed by atoms with Gasteiger partial charge in [0.15, 0.2) is 0 Å². The van der Waals surface area contributed by atoms with Gasteiger partial charge in [0.2, 0.25) is 11.8 Å². The summed E-state index contributed by atoms with van der Waals surface area (Å²) < 4.78 is 34.9. The number of amides is 2. The van der Waals surface area contributed by atoms with Gasteiger partial charge in [0.05, 0.1) is 17.2 Å². The summed E-state index contributed by atoms with van der Waals surface area (Å²) >= 11 is 6.06. The Bertz CT molecular complexity index is 1670. The first kappa shape index (κ1) is 34.5. The lowest BCUT2D eigenvalue weighted by molar-refractivity contribution is -0.140. The summed E-state index contributed by atoms with van der Waals surface area (Å²) in [5, 5.41) is 3.43. The zero-order valence-electron chi connectivity index (χ0n) is 26.3. The SMILES string of the molecule is CCOc1ccc(N(CC(=O)N(Cc2ccccc2)[C@H](Cc2ccccc2)C(=O)N[C@@H](C)CC)S(=O)(=O)c2ccc(Cl)cc2)cc1. The lowest BCUT2D eigenvalue weighted by Gasteiger charge is -2.34. The number of halogens is 1. The Morgan fingerprint density at radius 3 is 1.98 bits per heavy atom. The van der Waals surface area contributed by atoms with Gasteiger partial charge in [0, 0.05) is 24.0 Å². The van der Waals surface area contributed by atoms with Gasteiger partial charge in [-0.25, -0.2) is 8.42 Å². The number of benzene rings is 4. The van der Waals surface area contributed by atoms with E-state index >= 15 is 0 Å². The van der Waals surface area contributed by atoms with Gasteiger partial charge in [-0.3, -0.25) is 13.9 Å². The summed E-state index contributed by atoms with van der Waals surface area (Å²) in [6, 6.07) is 30.1. The number of carbonyl (C=O) groups is 2. The minimum absolute atomic E-state index is 0.0245. The van der Waals surface area contributed by atoms with E-state index in [9.17, 15) is 18.0 Å². The molecule has 1 N–H and O–H groups in total. The molecule has 46 heavy (non-hydrogen) atoms. The predicted octanol–water partition coefficient (Wildman–Crippen LogP) is 6.49. The third kappa shape index (κ3) is 9.11. The molecule has 0 aliphatic heterocycles. The van der Waals surface area contributed by atoms with Gasteiger partial charge in [-0.05, 0) is 79.9 Å². The van der Waals surface area contributed by atoms with Crippen LogP contribution < -0.4 is 14.4 Å². The largest absolute Gasteiger partial charge is 0.494 e. The molecule has 0 aliphatic carbocycles. The summed E-state index contributed by atoms with van der Waals surface area (Å²) in [5.41, 5.74) is 1.95. The fraction of sp³-hybridized carbons (Fsp3) is 0.278. The number of sulfonamides is 1. The zero-order valence-corrected chi connectivity index (χ0v) is 27.9. The lowest BCUT2D eigenvalue weighted by Crippen LogP contribution is -2.54. The quantitative estimate of drug-likeness (QED) is 0.157. The van der Waals surface area contributed by atoms with Gasteiger partial charge in [-0.2, -0.15) is 0 Å². The molecule has 4 aromatic carbocycles. The van der Waals surface area contributed by atoms with Gasteiger partial charge in [-0.15, -0.1) is 0 Å². The fourth-order valence-corrected chi connectivity index (χ4v) is 6.45. The van der Waals surface area contributed by atoms with Crippen molar-refractivity contribution in [2.75, 3.05) is 17.5 Å². The van der Waals surface area contributed by atoms with Crippen LogP contribution >= 0.6 is 11.6 Å². The maximum absolute atomic E-state index is 14.5. The molecule has 0 saturated carbocycles. The van der Waals surface area contributed by atoms with Crippen LogP contribution in [0, 0.1) is 0 Å². The van der Waals surface area contributed by atoms with Crippen molar-refractivity contribution in [3.05, 3.63) is 125 Å². The molecule has 10 heteroatoms. The molecule has 8 nitrogen and oxygen atoms in total. The molecule has 0 spiro atoms. The van der Waals surface area contributed by atoms with Crippen LogP contribution in [0.3, 0.4) is 0 Å². The molecule has 0 unspecified atom stereocenters. The molecule has 2 amide bonds. The van der Waals surface area contributed by atoms with E-state index in [4.69, 9.17) is 16.3 Å². The van der Waals surface area contributed by atoms with Crippen LogP contribution in [0.15, 0.2) is 114 Å². The Kier molecular flexibility index (Phi) is 12.2. The van der Waals surface area contributed by atoms with Crippen molar-refractivity contribution < 1.29 is 22.7 Å². The maximum Gasteiger partial charge on any atom is 0.264 e. The van der Waals surface area contributed by atoms with E-state index in [1.54, 1.807) is 24.3 Å². The van der Waals surface area contributed by atoms with Gasteiger partial charge in [0.1, 0.15) is 18.3 Å². The van der Waals surface area contributed by atoms with E-state index in [-0.39, 0.29) is 35.5 Å². The Morgan fingerprint density at radius 1 is 0.826 bits per heavy atom. The van der Waals surface area contributed by atoms with Gasteiger partial charge < -0.3 is 15.0 Å². The molecule has 0 saturated heterocycles. The standard InChI is InChI=1S/C36H40ClN3O5S/c1-4-27(3)38-36(42)34(24-28-12-8-6-9-13-28)39(25-29-14-10-7-11-15-29)35(41)26-40(31-18-20-32(21-19-31)45-5-2)46(43,44)33-22-16-30(37)17-23-33/h6-23,27,34H,4-5,24-26H2,1-3H3,(H,38,42)/t27-,34+/m0/s1. The third-order valence-electron chi connectivity index (χ3n) is 7.58. The number of nitrogens with one attached hydrogen (secondary N) is 1. The average Bonchev–Trinajstić information content (AvgIpc) is 3.06. The third-order valence-corrected chi connectivity index (χ3v) is 9.62. The van der Waals surface area contributed by atoms with E-state index in [2.05, 4.69) is 5.32 Å². The normalized spacial score (nSPS) is 12.5. The number of hydrogen-bond acceptors (Lipinski definition) is 5. The fourth-order valence-electron chi connectivity index (χ4n) is 4.91. The van der Waals surface area contributed by atoms with Crippen molar-refractivity contribution in [3.8, 4) is 5.75 Å². The van der Waals surface area contributed by atoms with E-state index in [0.717, 1.165) is 15.4 Å². The Balaban J connectivity index is 1.79. The van der Waals surface area contributed by atoms with Crippen LogP contribution in [0.25, 0.3) is 0 Å². The summed E-state index contributed by atoms with van der Waals surface area (Å²) in [5.74, 6) is -0.275. The second-order valence-corrected chi connectivity index (χ2v) is 13.2. The Hall–Kier alpha value is -4.34. The van der Waals surface area contributed by atoms with E-state index in [1.807, 2.05) is 81.4 Å². The molecule has 0 aromatic heterocycles. The van der Waals surface area contributed by atoms with E-state index in [0.29, 0.717) is 23.8 Å². The van der Waals surface area contributed by atoms with Crippen LogP contribution in [0.5, 0.6) is 5.75 Å². The maximum atomic E-state index is 14.5. The first-order valence-corrected chi connectivity index (χ1v) is 17.1. The smallest absolute Gasteiger partial charge is 0.264 e. The number of rotatable bonds is 15. The van der Waals surface area contributed by atoms with Crippen molar-refractivity contribution in [3.63, 3.8) is 0 Å². The second-order valence-electron chi connectivity index (χ2n) is 10.9. The van der Waals surface area contributed by atoms with Gasteiger partial charge >= 0.3 is 0 Å². The number of carbonyl (C=O) groups excluding carboxylic acids is 2. The molecule has 4 rings (SSSR count). The van der Waals surface area contributed by atoms with Gasteiger partial charge in [0.25, 0.3) is 10.0 Å². The highest BCUT2D eigenvalue weighted by Gasteiger charge is 2.35. The van der Waals surface area contributed by atoms with Crippen molar-refractivity contribution >= 4 is 39.1 Å². The second kappa shape index (κ2) is 16.3. The first-order chi connectivity index (χ1) is 22.1. The monoisotopic (exact) mass is 661 g/mol. The van der Waals surface area contributed by atoms with Crippen molar-refractivity contribution in [2.45, 2.75) is 57.1 Å². The highest BCUT2D eigenvalue weighted by atomic mass is 35.5. The molecular weight excluding hydrogens is 622 g/mol. The van der Waals surface area contributed by atoms with Gasteiger partial charge in [-0.1, -0.05) is 79.2 Å². The molecule has 4 aromatic rings. The minimum Gasteiger partial charge on any atom is -0.494 e. The van der Waals surface area contributed by atoms with Crippen molar-refractivity contribution in [1.82, 2.24) is 10.2 Å². The molecule has 0 radical (unpaired) electrons. The molecular formula is C36H40ClN3O5S. The highest BCUT2D eigenvalue weighted by Crippen LogP contribution is 2.28. The Labute approximate surface area is 277 Å². The molecule has 2 atom stereocenters. The van der Waals surface area contributed by atoms with Crippen LogP contribution in [-0.2, 0) is 32.6 Å². The van der Waals surface area contributed by atoms with Crippen molar-refractivity contribution in [1.29, 1.82) is 0 Å². The molecule has 0 aliphatic rings. The van der Waals surface area contributed by atoms with E-state index in [1.165, 1.54) is 29.2 Å². The highest BCUT2D eigenvalue weighted by molar-refractivity contribution is 7.92. The molecule has 0 fully saturated rings. The number of ether oxygens (including phenoxy) is 1. The topological polar surface area (TPSA) is 96.0 Å². The summed E-state index contributed by atoms with van der Waals surface area (Å²) in [4.78, 5) is 29.9. The summed E-state index contributed by atoms with van der Waals surface area (Å²) in [7, 11) is -4.24. The van der Waals surface area contributed by atoms with E-state index < -0.39 is 28.5 Å². The van der Waals surface area contributed by atoms with Crippen LogP contribution in [0.2, 0.25) is 5.02 Å². The predicted molar refractivity (Wildman–Crippen MR) is 182 cm³/mol. The molecule has 242 valence electrons. The summed E-state index contributed by atoms with van der Waals surface area (Å²) in [6.07, 6.45) is 0.954. The molecule has 0 bridgehead atoms. The summed E-state index contributed by atoms with van der Waals surface area (Å²) in [6.45, 7) is 5.74. The van der Waals surface area contributed by atoms with Crippen LogP contribution in [0.1, 0.15) is 38.3 Å². The number of nitrogens with zero attached hydrogens (tertiary/aromatic N) is 2. The molecule has 0 heterocycles. The zero-order chi connectivity index (χ0) is 33.1. The first-order valence-electron chi connectivity index (χ1n) is 15.3. The van der Waals surface area contributed by atoms with Crippen LogP contribution in [-0.4, -0.2) is 50.4 Å². The lowest BCUT2D eigenvalue weighted by atomic mass is 10.0. The number of anilines is 1. The average molecular weight is 662 g/mol. The minimum atomic E-state index is -4.24. The Morgan fingerprint density at radius 2 is 1.41 bits per heavy atom. The van der Waals surface area contributed by atoms with Crippen LogP contribution in [0.4, 0.5) is 5.69 Å². The number of hydrogen-bond donors (Lipinski definition) is 1. The van der Waals surface area contributed by atoms with Crippen molar-refractivity contribution in [2.24, 2.45) is 0 Å².